The summed E-state index contributed by atoms with van der Waals surface area (Å²) in [6, 6.07) is 34.5. The first-order valence-electron chi connectivity index (χ1n) is 22.0. The number of benzene rings is 6. The number of aromatic hydroxyl groups is 1. The number of fused-ring (bicyclic) bond motifs is 1. The van der Waals surface area contributed by atoms with Gasteiger partial charge in [0.1, 0.15) is 11.6 Å². The average molecular weight is 686 g/mol. The van der Waals surface area contributed by atoms with Crippen LogP contribution in [0.4, 0.5) is 0 Å². The standard InChI is InChI=1S/C48H41N3O/c1-31-18-20-34(21-19-31)36-24-25-49-42(30-36)38-27-37(28-39(29-38)48(3,4)5)40-15-11-16-44-46(40)50-47(41-14-9-10-17-45(41)52)51(44)43-23-22-35(26-32(43)2)33-12-7-6-8-13-33/h6-30,52H,1-5H3/i1D3,2D3,18D,19D,20D,21D. The van der Waals surface area contributed by atoms with Crippen molar-refractivity contribution < 1.29 is 18.8 Å². The molecule has 0 aliphatic carbocycles. The lowest BCUT2D eigenvalue weighted by Crippen LogP contribution is -2.11. The summed E-state index contributed by atoms with van der Waals surface area (Å²) >= 11 is 0. The molecule has 0 unspecified atom stereocenters. The first-order valence-corrected chi connectivity index (χ1v) is 17.0. The lowest BCUT2D eigenvalue weighted by Gasteiger charge is -2.22. The second-order valence-corrected chi connectivity index (χ2v) is 13.8. The summed E-state index contributed by atoms with van der Waals surface area (Å²) in [4.78, 5) is 9.87. The van der Waals surface area contributed by atoms with Gasteiger partial charge in [0.25, 0.3) is 0 Å². The third-order valence-corrected chi connectivity index (χ3v) is 9.25. The molecule has 8 rings (SSSR count). The molecule has 0 saturated heterocycles. The summed E-state index contributed by atoms with van der Waals surface area (Å²) in [5, 5.41) is 11.2. The molecule has 0 aliphatic rings. The Morgan fingerprint density at radius 3 is 2.15 bits per heavy atom. The van der Waals surface area contributed by atoms with Gasteiger partial charge in [-0.25, -0.2) is 4.98 Å². The topological polar surface area (TPSA) is 50.9 Å². The number of nitrogens with zero attached hydrogens (tertiary/aromatic N) is 3. The van der Waals surface area contributed by atoms with Gasteiger partial charge in [0.2, 0.25) is 0 Å². The molecule has 254 valence electrons. The van der Waals surface area contributed by atoms with Crippen molar-refractivity contribution in [2.45, 2.75) is 39.9 Å². The number of aryl methyl sites for hydroxylation is 1. The van der Waals surface area contributed by atoms with Crippen molar-refractivity contribution in [3.05, 3.63) is 168 Å². The highest BCUT2D eigenvalue weighted by molar-refractivity contribution is 5.97. The molecule has 4 nitrogen and oxygen atoms in total. The van der Waals surface area contributed by atoms with Gasteiger partial charge in [0, 0.05) is 25.5 Å². The van der Waals surface area contributed by atoms with E-state index < -0.39 is 43.4 Å². The fraction of sp³-hybridized carbons (Fsp3) is 0.125. The molecule has 0 radical (unpaired) electrons. The Balaban J connectivity index is 1.36. The third kappa shape index (κ3) is 6.18. The first kappa shape index (κ1) is 23.3. The minimum atomic E-state index is -2.84. The van der Waals surface area contributed by atoms with Gasteiger partial charge in [-0.15, -0.1) is 0 Å². The zero-order valence-corrected chi connectivity index (χ0v) is 28.9. The molecule has 0 saturated carbocycles. The van der Waals surface area contributed by atoms with Gasteiger partial charge in [-0.05, 0) is 113 Å². The molecule has 0 fully saturated rings. The minimum absolute atomic E-state index is 0.0280. The van der Waals surface area contributed by atoms with Gasteiger partial charge in [-0.2, -0.15) is 0 Å². The van der Waals surface area contributed by atoms with E-state index in [2.05, 4.69) is 31.8 Å². The minimum Gasteiger partial charge on any atom is -0.507 e. The molecule has 0 aliphatic heterocycles. The second-order valence-electron chi connectivity index (χ2n) is 13.8. The predicted molar refractivity (Wildman–Crippen MR) is 216 cm³/mol. The number of rotatable bonds is 6. The van der Waals surface area contributed by atoms with E-state index in [4.69, 9.17) is 18.7 Å². The van der Waals surface area contributed by atoms with Crippen LogP contribution in [0.3, 0.4) is 0 Å². The Bertz CT molecular complexity index is 3010. The van der Waals surface area contributed by atoms with Gasteiger partial charge in [0.15, 0.2) is 0 Å². The van der Waals surface area contributed by atoms with Crippen molar-refractivity contribution in [3.63, 3.8) is 0 Å². The molecule has 2 heterocycles. The van der Waals surface area contributed by atoms with Crippen LogP contribution < -0.4 is 0 Å². The van der Waals surface area contributed by atoms with Crippen molar-refractivity contribution in [1.82, 2.24) is 14.5 Å². The highest BCUT2D eigenvalue weighted by Crippen LogP contribution is 2.40. The molecule has 4 heteroatoms. The lowest BCUT2D eigenvalue weighted by atomic mass is 9.83. The van der Waals surface area contributed by atoms with E-state index in [0.717, 1.165) is 27.8 Å². The second kappa shape index (κ2) is 13.1. The number of hydrogen-bond acceptors (Lipinski definition) is 3. The van der Waals surface area contributed by atoms with Crippen LogP contribution in [0.25, 0.3) is 72.7 Å². The Morgan fingerprint density at radius 1 is 0.635 bits per heavy atom. The van der Waals surface area contributed by atoms with E-state index in [9.17, 15) is 5.11 Å². The molecule has 1 N–H and O–H groups in total. The number of imidazole rings is 1. The summed E-state index contributed by atoms with van der Waals surface area (Å²) in [6.07, 6.45) is 1.52. The quantitative estimate of drug-likeness (QED) is 0.190. The average Bonchev–Trinajstić information content (AvgIpc) is 3.62. The highest BCUT2D eigenvalue weighted by atomic mass is 16.3. The van der Waals surface area contributed by atoms with Gasteiger partial charge in [0.05, 0.1) is 33.5 Å². The largest absolute Gasteiger partial charge is 0.507 e. The molecule has 0 spiro atoms. The van der Waals surface area contributed by atoms with E-state index in [1.54, 1.807) is 53.1 Å². The van der Waals surface area contributed by atoms with Crippen molar-refractivity contribution in [2.75, 3.05) is 0 Å². The zero-order chi connectivity index (χ0) is 44.5. The van der Waals surface area contributed by atoms with E-state index in [0.29, 0.717) is 44.9 Å². The monoisotopic (exact) mass is 685 g/mol. The molecule has 0 amide bonds. The van der Waals surface area contributed by atoms with Crippen LogP contribution in [0.1, 0.15) is 51.2 Å². The Kier molecular flexibility index (Phi) is 5.87. The Labute approximate surface area is 319 Å². The molecular formula is C48H41N3O. The highest BCUT2D eigenvalue weighted by Gasteiger charge is 2.23. The number of hydrogen-bond donors (Lipinski definition) is 1. The number of phenolic OH excluding ortho intramolecular Hbond substituents is 1. The van der Waals surface area contributed by atoms with Crippen LogP contribution in [0.15, 0.2) is 152 Å². The fourth-order valence-electron chi connectivity index (χ4n) is 6.53. The summed E-state index contributed by atoms with van der Waals surface area (Å²) in [6.45, 7) is 0.884. The number of aromatic nitrogens is 3. The Hall–Kier alpha value is -6.26. The normalized spacial score (nSPS) is 14.9. The van der Waals surface area contributed by atoms with E-state index in [1.807, 2.05) is 66.7 Å². The summed E-state index contributed by atoms with van der Waals surface area (Å²) < 4.78 is 85.9. The van der Waals surface area contributed by atoms with Gasteiger partial charge in [-0.1, -0.05) is 117 Å². The molecule has 0 bridgehead atoms. The van der Waals surface area contributed by atoms with Gasteiger partial charge >= 0.3 is 0 Å². The number of para-hydroxylation sites is 2. The molecule has 8 aromatic rings. The van der Waals surface area contributed by atoms with Crippen molar-refractivity contribution in [1.29, 1.82) is 0 Å². The van der Waals surface area contributed by atoms with Gasteiger partial charge < -0.3 is 5.11 Å². The van der Waals surface area contributed by atoms with Crippen LogP contribution in [0, 0.1) is 13.7 Å². The van der Waals surface area contributed by atoms with Crippen LogP contribution in [-0.2, 0) is 5.41 Å². The Morgan fingerprint density at radius 2 is 1.38 bits per heavy atom. The molecule has 6 aromatic carbocycles. The van der Waals surface area contributed by atoms with Crippen LogP contribution in [0.5, 0.6) is 5.75 Å². The number of pyridine rings is 1. The fourth-order valence-corrected chi connectivity index (χ4v) is 6.53. The first-order chi connectivity index (χ1) is 29.2. The SMILES string of the molecule is [2H]c1c([2H])c(C([2H])([2H])[2H])c([2H])c([2H])c1-c1ccnc(-c2cc(-c3cccc4c3nc(-c3ccccc3O)n4-c3ccc(-c4ccccc4)cc3C([2H])([2H])[2H])cc(C(C)(C)C)c2)c1. The maximum absolute atomic E-state index is 11.2. The van der Waals surface area contributed by atoms with Gasteiger partial charge in [-0.3, -0.25) is 9.55 Å². The van der Waals surface area contributed by atoms with Crippen molar-refractivity contribution >= 4 is 11.0 Å². The van der Waals surface area contributed by atoms with E-state index in [-0.39, 0.29) is 22.3 Å². The summed E-state index contributed by atoms with van der Waals surface area (Å²) in [7, 11) is 0. The predicted octanol–water partition coefficient (Wildman–Crippen LogP) is 12.4. The molecule has 2 aromatic heterocycles. The lowest BCUT2D eigenvalue weighted by molar-refractivity contribution is 0.477. The summed E-state index contributed by atoms with van der Waals surface area (Å²) in [5.74, 6) is 0.314. The van der Waals surface area contributed by atoms with Crippen molar-refractivity contribution in [3.8, 4) is 67.5 Å². The molecule has 52 heavy (non-hydrogen) atoms. The zero-order valence-electron chi connectivity index (χ0n) is 38.9. The maximum Gasteiger partial charge on any atom is 0.149 e. The third-order valence-electron chi connectivity index (χ3n) is 9.25. The van der Waals surface area contributed by atoms with Crippen LogP contribution in [0.2, 0.25) is 0 Å². The molecular weight excluding hydrogens is 635 g/mol. The smallest absolute Gasteiger partial charge is 0.149 e. The maximum atomic E-state index is 11.2. The van der Waals surface area contributed by atoms with Crippen LogP contribution in [-0.4, -0.2) is 19.6 Å². The van der Waals surface area contributed by atoms with E-state index >= 15 is 0 Å². The summed E-state index contributed by atoms with van der Waals surface area (Å²) in [5.41, 5.74) is 6.55. The van der Waals surface area contributed by atoms with Crippen LogP contribution >= 0.6 is 0 Å². The number of phenols is 1. The molecule has 0 atom stereocenters. The van der Waals surface area contributed by atoms with E-state index in [1.165, 1.54) is 6.20 Å². The van der Waals surface area contributed by atoms with Crippen molar-refractivity contribution in [2.24, 2.45) is 0 Å².